The van der Waals surface area contributed by atoms with Gasteiger partial charge in [0.1, 0.15) is 0 Å². The summed E-state index contributed by atoms with van der Waals surface area (Å²) >= 11 is 0. The molecule has 0 radical (unpaired) electrons. The summed E-state index contributed by atoms with van der Waals surface area (Å²) in [6, 6.07) is 8.72. The quantitative estimate of drug-likeness (QED) is 0.857. The number of hydrogen-bond donors (Lipinski definition) is 0. The molecule has 6 nitrogen and oxygen atoms in total. The summed E-state index contributed by atoms with van der Waals surface area (Å²) in [7, 11) is 0. The van der Waals surface area contributed by atoms with Crippen LogP contribution in [0.25, 0.3) is 0 Å². The summed E-state index contributed by atoms with van der Waals surface area (Å²) in [5.74, 6) is 1.75. The fraction of sp³-hybridized carbons (Fsp3) is 0.526. The molecular weight excluding hydrogens is 312 g/mol. The molecule has 0 unspecified atom stereocenters. The lowest BCUT2D eigenvalue weighted by Crippen LogP contribution is -2.47. The predicted molar refractivity (Wildman–Crippen MR) is 101 cm³/mol. The third-order valence-electron chi connectivity index (χ3n) is 5.14. The number of aromatic nitrogens is 3. The molecule has 4 rings (SSSR count). The normalized spacial score (nSPS) is 18.5. The minimum Gasteiger partial charge on any atom is -0.368 e. The van der Waals surface area contributed by atoms with Crippen LogP contribution in [-0.2, 0) is 0 Å². The Morgan fingerprint density at radius 3 is 2.36 bits per heavy atom. The Bertz CT molecular complexity index is 705. The van der Waals surface area contributed by atoms with Crippen LogP contribution in [-0.4, -0.2) is 54.4 Å². The Kier molecular flexibility index (Phi) is 4.68. The summed E-state index contributed by atoms with van der Waals surface area (Å²) < 4.78 is 0. The second kappa shape index (κ2) is 7.25. The van der Waals surface area contributed by atoms with Crippen LogP contribution in [0.3, 0.4) is 0 Å². The van der Waals surface area contributed by atoms with Crippen LogP contribution in [0.1, 0.15) is 24.8 Å². The number of anilines is 3. The van der Waals surface area contributed by atoms with Crippen molar-refractivity contribution in [2.45, 2.75) is 26.2 Å². The van der Waals surface area contributed by atoms with E-state index in [9.17, 15) is 0 Å². The third kappa shape index (κ3) is 3.67. The number of nitrogens with zero attached hydrogens (tertiary/aromatic N) is 6. The number of hydrogen-bond acceptors (Lipinski definition) is 6. The van der Waals surface area contributed by atoms with E-state index in [4.69, 9.17) is 4.98 Å². The molecule has 0 amide bonds. The second-order valence-electron chi connectivity index (χ2n) is 6.98. The first kappa shape index (κ1) is 16.1. The molecule has 1 aromatic heterocycles. The highest BCUT2D eigenvalue weighted by molar-refractivity contribution is 5.50. The highest BCUT2D eigenvalue weighted by Crippen LogP contribution is 2.21. The molecule has 2 aliphatic heterocycles. The molecule has 2 fully saturated rings. The molecule has 0 N–H and O–H groups in total. The lowest BCUT2D eigenvalue weighted by molar-refractivity contribution is 0.569. The number of piperidine rings is 1. The highest BCUT2D eigenvalue weighted by Gasteiger charge is 2.21. The Morgan fingerprint density at radius 2 is 1.60 bits per heavy atom. The van der Waals surface area contributed by atoms with Crippen LogP contribution in [0.2, 0.25) is 0 Å². The summed E-state index contributed by atoms with van der Waals surface area (Å²) in [5, 5.41) is 8.50. The highest BCUT2D eigenvalue weighted by atomic mass is 15.4. The predicted octanol–water partition coefficient (Wildman–Crippen LogP) is 2.50. The third-order valence-corrected chi connectivity index (χ3v) is 5.14. The standard InChI is InChI=1S/C19H26N6/c1-16-6-5-7-17(14-16)23-10-12-25(13-11-23)19-21-18(15-20-22-19)24-8-3-2-4-9-24/h5-7,14-15H,2-4,8-13H2,1H3. The molecule has 0 aliphatic carbocycles. The molecule has 0 saturated carbocycles. The van der Waals surface area contributed by atoms with Gasteiger partial charge >= 0.3 is 0 Å². The van der Waals surface area contributed by atoms with Crippen LogP contribution >= 0.6 is 0 Å². The van der Waals surface area contributed by atoms with Gasteiger partial charge in [-0.2, -0.15) is 10.1 Å². The second-order valence-corrected chi connectivity index (χ2v) is 6.98. The maximum Gasteiger partial charge on any atom is 0.247 e. The van der Waals surface area contributed by atoms with Crippen molar-refractivity contribution >= 4 is 17.5 Å². The van der Waals surface area contributed by atoms with E-state index in [0.717, 1.165) is 51.0 Å². The van der Waals surface area contributed by atoms with Crippen molar-refractivity contribution < 1.29 is 0 Å². The minimum atomic E-state index is 0.770. The number of rotatable bonds is 3. The largest absolute Gasteiger partial charge is 0.368 e. The Balaban J connectivity index is 1.42. The van der Waals surface area contributed by atoms with Gasteiger partial charge in [0.15, 0.2) is 5.82 Å². The maximum absolute atomic E-state index is 4.79. The first-order valence-electron chi connectivity index (χ1n) is 9.31. The van der Waals surface area contributed by atoms with Crippen LogP contribution in [0.15, 0.2) is 30.5 Å². The Labute approximate surface area is 149 Å². The van der Waals surface area contributed by atoms with Crippen LogP contribution in [0.5, 0.6) is 0 Å². The van der Waals surface area contributed by atoms with Gasteiger partial charge in [0.25, 0.3) is 0 Å². The molecule has 2 aliphatic rings. The van der Waals surface area contributed by atoms with Gasteiger partial charge in [0.05, 0.1) is 6.20 Å². The van der Waals surface area contributed by atoms with Crippen LogP contribution in [0.4, 0.5) is 17.5 Å². The van der Waals surface area contributed by atoms with E-state index in [2.05, 4.69) is 56.1 Å². The zero-order valence-corrected chi connectivity index (χ0v) is 14.9. The molecule has 25 heavy (non-hydrogen) atoms. The topological polar surface area (TPSA) is 48.4 Å². The molecule has 6 heteroatoms. The lowest BCUT2D eigenvalue weighted by atomic mass is 10.1. The summed E-state index contributed by atoms with van der Waals surface area (Å²) in [5.41, 5.74) is 2.61. The molecule has 2 aromatic rings. The van der Waals surface area contributed by atoms with Crippen molar-refractivity contribution in [1.82, 2.24) is 15.2 Å². The minimum absolute atomic E-state index is 0.770. The van der Waals surface area contributed by atoms with Gasteiger partial charge in [-0.25, -0.2) is 0 Å². The fourth-order valence-corrected chi connectivity index (χ4v) is 3.68. The summed E-state index contributed by atoms with van der Waals surface area (Å²) in [6.45, 7) is 8.14. The summed E-state index contributed by atoms with van der Waals surface area (Å²) in [4.78, 5) is 11.8. The fourth-order valence-electron chi connectivity index (χ4n) is 3.68. The SMILES string of the molecule is Cc1cccc(N2CCN(c3nncc(N4CCCCC4)n3)CC2)c1. The van der Waals surface area contributed by atoms with Crippen molar-refractivity contribution in [2.24, 2.45) is 0 Å². The van der Waals surface area contributed by atoms with Gasteiger partial charge in [-0.15, -0.1) is 5.10 Å². The van der Waals surface area contributed by atoms with Crippen molar-refractivity contribution in [1.29, 1.82) is 0 Å². The summed E-state index contributed by atoms with van der Waals surface area (Å²) in [6.07, 6.45) is 5.61. The van der Waals surface area contributed by atoms with Crippen LogP contribution in [0, 0.1) is 6.92 Å². The van der Waals surface area contributed by atoms with Crippen molar-refractivity contribution in [3.05, 3.63) is 36.0 Å². The average molecular weight is 338 g/mol. The number of benzene rings is 1. The van der Waals surface area contributed by atoms with E-state index in [0.29, 0.717) is 0 Å². The smallest absolute Gasteiger partial charge is 0.247 e. The molecule has 0 spiro atoms. The molecule has 3 heterocycles. The van der Waals surface area contributed by atoms with E-state index < -0.39 is 0 Å². The van der Waals surface area contributed by atoms with E-state index in [1.54, 1.807) is 6.20 Å². The van der Waals surface area contributed by atoms with Gasteiger partial charge in [0, 0.05) is 45.0 Å². The molecular formula is C19H26N6. The number of piperazine rings is 1. The maximum atomic E-state index is 4.79. The molecule has 1 aromatic carbocycles. The molecule has 132 valence electrons. The van der Waals surface area contributed by atoms with Crippen molar-refractivity contribution in [3.63, 3.8) is 0 Å². The zero-order chi connectivity index (χ0) is 17.1. The van der Waals surface area contributed by atoms with E-state index in [1.807, 2.05) is 0 Å². The average Bonchev–Trinajstić information content (AvgIpc) is 2.69. The van der Waals surface area contributed by atoms with Crippen molar-refractivity contribution in [2.75, 3.05) is 54.0 Å². The van der Waals surface area contributed by atoms with Gasteiger partial charge in [0.2, 0.25) is 5.95 Å². The first-order chi connectivity index (χ1) is 12.3. The first-order valence-corrected chi connectivity index (χ1v) is 9.31. The van der Waals surface area contributed by atoms with E-state index in [1.165, 1.54) is 30.5 Å². The Morgan fingerprint density at radius 1 is 0.840 bits per heavy atom. The van der Waals surface area contributed by atoms with E-state index in [-0.39, 0.29) is 0 Å². The molecule has 0 atom stereocenters. The van der Waals surface area contributed by atoms with Crippen molar-refractivity contribution in [3.8, 4) is 0 Å². The van der Waals surface area contributed by atoms with Gasteiger partial charge in [-0.3, -0.25) is 0 Å². The van der Waals surface area contributed by atoms with E-state index >= 15 is 0 Å². The molecule has 2 saturated heterocycles. The molecule has 0 bridgehead atoms. The van der Waals surface area contributed by atoms with Gasteiger partial charge in [-0.05, 0) is 43.9 Å². The lowest BCUT2D eigenvalue weighted by Gasteiger charge is -2.36. The zero-order valence-electron chi connectivity index (χ0n) is 14.9. The monoisotopic (exact) mass is 338 g/mol. The van der Waals surface area contributed by atoms with Crippen LogP contribution < -0.4 is 14.7 Å². The Hall–Kier alpha value is -2.37. The van der Waals surface area contributed by atoms with Gasteiger partial charge < -0.3 is 14.7 Å². The number of aryl methyl sites for hydroxylation is 1. The van der Waals surface area contributed by atoms with Gasteiger partial charge in [-0.1, -0.05) is 12.1 Å².